The van der Waals surface area contributed by atoms with E-state index >= 15 is 0 Å². The van der Waals surface area contributed by atoms with Crippen molar-refractivity contribution in [3.63, 3.8) is 0 Å². The molecule has 0 N–H and O–H groups in total. The predicted molar refractivity (Wildman–Crippen MR) is 51.5 cm³/mol. The van der Waals surface area contributed by atoms with Gasteiger partial charge in [-0.2, -0.15) is 5.10 Å². The molecule has 0 spiro atoms. The van der Waals surface area contributed by atoms with Gasteiger partial charge in [-0.3, -0.25) is 4.79 Å². The van der Waals surface area contributed by atoms with Crippen LogP contribution < -0.4 is 0 Å². The quantitative estimate of drug-likeness (QED) is 0.667. The Bertz CT molecular complexity index is 445. The summed E-state index contributed by atoms with van der Waals surface area (Å²) in [5.41, 5.74) is 1.56. The monoisotopic (exact) mass is 187 g/mol. The van der Waals surface area contributed by atoms with Crippen LogP contribution in [-0.4, -0.2) is 21.1 Å². The van der Waals surface area contributed by atoms with Gasteiger partial charge in [-0.15, -0.1) is 0 Å². The topological polar surface area (TPSA) is 47.8 Å². The first kappa shape index (κ1) is 8.62. The van der Waals surface area contributed by atoms with E-state index in [-0.39, 0.29) is 0 Å². The minimum Gasteiger partial charge on any atom is -0.298 e. The Morgan fingerprint density at radius 2 is 2.00 bits per heavy atom. The fourth-order valence-electron chi connectivity index (χ4n) is 1.18. The summed E-state index contributed by atoms with van der Waals surface area (Å²) in [6.07, 6.45) is 2.46. The molecule has 0 saturated carbocycles. The Kier molecular flexibility index (Phi) is 2.10. The smallest absolute Gasteiger partial charge is 0.150 e. The number of benzene rings is 1. The lowest BCUT2D eigenvalue weighted by atomic mass is 10.2. The van der Waals surface area contributed by atoms with Gasteiger partial charge in [-0.1, -0.05) is 0 Å². The first-order valence-electron chi connectivity index (χ1n) is 4.23. The molecule has 0 radical (unpaired) electrons. The highest BCUT2D eigenvalue weighted by Crippen LogP contribution is 2.06. The molecule has 4 nitrogen and oxygen atoms in total. The van der Waals surface area contributed by atoms with Crippen molar-refractivity contribution in [3.05, 3.63) is 42.0 Å². The molecule has 1 aromatic carbocycles. The first-order chi connectivity index (χ1) is 6.79. The summed E-state index contributed by atoms with van der Waals surface area (Å²) in [6, 6.07) is 7.16. The van der Waals surface area contributed by atoms with Crippen LogP contribution >= 0.6 is 0 Å². The second-order valence-corrected chi connectivity index (χ2v) is 2.95. The van der Waals surface area contributed by atoms with E-state index in [0.29, 0.717) is 5.56 Å². The molecule has 0 saturated heterocycles. The van der Waals surface area contributed by atoms with E-state index in [9.17, 15) is 4.79 Å². The van der Waals surface area contributed by atoms with Crippen molar-refractivity contribution < 1.29 is 4.79 Å². The summed E-state index contributed by atoms with van der Waals surface area (Å²) in [5.74, 6) is 0.726. The number of nitrogens with zero attached hydrogens (tertiary/aromatic N) is 3. The largest absolute Gasteiger partial charge is 0.298 e. The van der Waals surface area contributed by atoms with Gasteiger partial charge >= 0.3 is 0 Å². The Labute approximate surface area is 81.2 Å². The molecule has 0 unspecified atom stereocenters. The second-order valence-electron chi connectivity index (χ2n) is 2.95. The summed E-state index contributed by atoms with van der Waals surface area (Å²) in [7, 11) is 0. The van der Waals surface area contributed by atoms with Crippen LogP contribution in [-0.2, 0) is 0 Å². The van der Waals surface area contributed by atoms with Gasteiger partial charge in [0.15, 0.2) is 0 Å². The molecule has 0 bridgehead atoms. The first-order valence-corrected chi connectivity index (χ1v) is 4.23. The van der Waals surface area contributed by atoms with E-state index in [2.05, 4.69) is 10.1 Å². The Balaban J connectivity index is 2.38. The molecular weight excluding hydrogens is 178 g/mol. The Hall–Kier alpha value is -1.97. The summed E-state index contributed by atoms with van der Waals surface area (Å²) in [6.45, 7) is 1.83. The number of hydrogen-bond acceptors (Lipinski definition) is 3. The van der Waals surface area contributed by atoms with Crippen molar-refractivity contribution in [2.75, 3.05) is 0 Å². The molecule has 70 valence electrons. The van der Waals surface area contributed by atoms with Crippen LogP contribution in [0, 0.1) is 6.92 Å². The predicted octanol–water partition coefficient (Wildman–Crippen LogP) is 1.39. The number of rotatable bonds is 2. The molecular formula is C10H9N3O. The Morgan fingerprint density at radius 1 is 1.29 bits per heavy atom. The third-order valence-corrected chi connectivity index (χ3v) is 1.90. The zero-order chi connectivity index (χ0) is 9.97. The minimum atomic E-state index is 0.658. The average Bonchev–Trinajstić information content (AvgIpc) is 2.65. The second kappa shape index (κ2) is 3.41. The van der Waals surface area contributed by atoms with E-state index < -0.39 is 0 Å². The fraction of sp³-hybridized carbons (Fsp3) is 0.100. The maximum atomic E-state index is 10.4. The van der Waals surface area contributed by atoms with Gasteiger partial charge in [0.05, 0.1) is 5.69 Å². The van der Waals surface area contributed by atoms with Gasteiger partial charge in [0.1, 0.15) is 18.4 Å². The molecule has 0 amide bonds. The number of aromatic nitrogens is 3. The number of aldehydes is 1. The number of hydrogen-bond donors (Lipinski definition) is 0. The van der Waals surface area contributed by atoms with Crippen LogP contribution in [0.1, 0.15) is 16.2 Å². The molecule has 1 heterocycles. The molecule has 4 heteroatoms. The molecule has 0 aliphatic rings. The summed E-state index contributed by atoms with van der Waals surface area (Å²) >= 11 is 0. The number of carbonyl (C=O) groups is 1. The maximum Gasteiger partial charge on any atom is 0.150 e. The van der Waals surface area contributed by atoms with Gasteiger partial charge < -0.3 is 0 Å². The molecule has 0 aliphatic carbocycles. The maximum absolute atomic E-state index is 10.4. The summed E-state index contributed by atoms with van der Waals surface area (Å²) < 4.78 is 1.67. The van der Waals surface area contributed by atoms with Crippen LogP contribution in [0.15, 0.2) is 30.6 Å². The lowest BCUT2D eigenvalue weighted by Gasteiger charge is -1.99. The highest BCUT2D eigenvalue weighted by Gasteiger charge is 1.98. The van der Waals surface area contributed by atoms with E-state index in [1.54, 1.807) is 23.1 Å². The summed E-state index contributed by atoms with van der Waals surface area (Å²) in [5, 5.41) is 4.15. The van der Waals surface area contributed by atoms with Crippen LogP contribution in [0.2, 0.25) is 0 Å². The van der Waals surface area contributed by atoms with E-state index in [0.717, 1.165) is 17.8 Å². The van der Waals surface area contributed by atoms with E-state index in [1.165, 1.54) is 0 Å². The van der Waals surface area contributed by atoms with Crippen LogP contribution in [0.5, 0.6) is 0 Å². The molecule has 0 atom stereocenters. The van der Waals surface area contributed by atoms with Crippen molar-refractivity contribution in [1.29, 1.82) is 0 Å². The van der Waals surface area contributed by atoms with Crippen molar-refractivity contribution >= 4 is 6.29 Å². The van der Waals surface area contributed by atoms with Gasteiger partial charge in [-0.05, 0) is 31.2 Å². The fourth-order valence-corrected chi connectivity index (χ4v) is 1.18. The molecule has 0 fully saturated rings. The highest BCUT2D eigenvalue weighted by molar-refractivity contribution is 5.75. The van der Waals surface area contributed by atoms with E-state index in [1.807, 2.05) is 19.1 Å². The Morgan fingerprint density at radius 3 is 2.50 bits per heavy atom. The third-order valence-electron chi connectivity index (χ3n) is 1.90. The van der Waals surface area contributed by atoms with Gasteiger partial charge in [0, 0.05) is 5.56 Å². The molecule has 2 aromatic rings. The molecule has 1 aromatic heterocycles. The standard InChI is InChI=1S/C10H9N3O/c1-8-11-7-13(12-8)10-4-2-9(6-14)3-5-10/h2-7H,1H3. The van der Waals surface area contributed by atoms with Gasteiger partial charge in [0.25, 0.3) is 0 Å². The lowest BCUT2D eigenvalue weighted by molar-refractivity contribution is 0.112. The van der Waals surface area contributed by atoms with Gasteiger partial charge in [-0.25, -0.2) is 9.67 Å². The minimum absolute atomic E-state index is 0.658. The average molecular weight is 187 g/mol. The SMILES string of the molecule is Cc1ncn(-c2ccc(C=O)cc2)n1. The van der Waals surface area contributed by atoms with Crippen LogP contribution in [0.25, 0.3) is 5.69 Å². The van der Waals surface area contributed by atoms with E-state index in [4.69, 9.17) is 0 Å². The molecule has 0 aliphatic heterocycles. The number of aryl methyl sites for hydroxylation is 1. The molecule has 2 rings (SSSR count). The van der Waals surface area contributed by atoms with Crippen LogP contribution in [0.4, 0.5) is 0 Å². The zero-order valence-corrected chi connectivity index (χ0v) is 7.71. The van der Waals surface area contributed by atoms with Crippen molar-refractivity contribution in [2.24, 2.45) is 0 Å². The van der Waals surface area contributed by atoms with Crippen molar-refractivity contribution in [2.45, 2.75) is 6.92 Å². The third kappa shape index (κ3) is 1.54. The van der Waals surface area contributed by atoms with Crippen molar-refractivity contribution in [1.82, 2.24) is 14.8 Å². The van der Waals surface area contributed by atoms with Gasteiger partial charge in [0.2, 0.25) is 0 Å². The molecule has 14 heavy (non-hydrogen) atoms. The summed E-state index contributed by atoms with van der Waals surface area (Å²) in [4.78, 5) is 14.4. The van der Waals surface area contributed by atoms with Crippen LogP contribution in [0.3, 0.4) is 0 Å². The lowest BCUT2D eigenvalue weighted by Crippen LogP contribution is -1.94. The zero-order valence-electron chi connectivity index (χ0n) is 7.71. The number of carbonyl (C=O) groups excluding carboxylic acids is 1. The highest BCUT2D eigenvalue weighted by atomic mass is 16.1. The normalized spacial score (nSPS) is 10.1. The van der Waals surface area contributed by atoms with Crippen molar-refractivity contribution in [3.8, 4) is 5.69 Å².